The first-order valence-corrected chi connectivity index (χ1v) is 9.40. The molecule has 7 N–H and O–H groups in total. The lowest BCUT2D eigenvalue weighted by Crippen LogP contribution is -2.55. The lowest BCUT2D eigenvalue weighted by molar-refractivity contribution is -0.231. The molecule has 1 unspecified atom stereocenters. The second-order valence-corrected chi connectivity index (χ2v) is 7.26. The Labute approximate surface area is 172 Å². The Bertz CT molecular complexity index is 911. The molecule has 30 heavy (non-hydrogen) atoms. The normalized spacial score (nSPS) is 26.5. The maximum Gasteiger partial charge on any atom is 0.166 e. The van der Waals surface area contributed by atoms with Crippen molar-refractivity contribution in [2.45, 2.75) is 43.4 Å². The van der Waals surface area contributed by atoms with Crippen LogP contribution in [0.25, 0.3) is 0 Å². The van der Waals surface area contributed by atoms with Gasteiger partial charge >= 0.3 is 0 Å². The van der Waals surface area contributed by atoms with Gasteiger partial charge in [0, 0.05) is 12.5 Å². The van der Waals surface area contributed by atoms with E-state index in [0.29, 0.717) is 11.1 Å². The Morgan fingerprint density at radius 1 is 0.900 bits per heavy atom. The van der Waals surface area contributed by atoms with Gasteiger partial charge in [0.25, 0.3) is 0 Å². The number of aryl methyl sites for hydroxylation is 1. The molecule has 0 bridgehead atoms. The van der Waals surface area contributed by atoms with Crippen molar-refractivity contribution in [2.24, 2.45) is 0 Å². The third-order valence-electron chi connectivity index (χ3n) is 5.23. The van der Waals surface area contributed by atoms with E-state index in [0.717, 1.165) is 6.07 Å². The first-order chi connectivity index (χ1) is 14.2. The van der Waals surface area contributed by atoms with E-state index in [9.17, 15) is 40.5 Å². The van der Waals surface area contributed by atoms with Crippen LogP contribution >= 0.6 is 0 Å². The van der Waals surface area contributed by atoms with E-state index in [-0.39, 0.29) is 41.4 Å². The molecule has 1 saturated heterocycles. The second-order valence-electron chi connectivity index (χ2n) is 7.26. The molecule has 0 aliphatic carbocycles. The number of hydrogen-bond acceptors (Lipinski definition) is 9. The van der Waals surface area contributed by atoms with Crippen LogP contribution in [0.15, 0.2) is 36.4 Å². The van der Waals surface area contributed by atoms with Crippen LogP contribution in [0.1, 0.15) is 34.0 Å². The zero-order valence-electron chi connectivity index (χ0n) is 15.9. The third kappa shape index (κ3) is 4.40. The third-order valence-corrected chi connectivity index (χ3v) is 5.23. The number of carbonyl (C=O) groups excluding carboxylic acids is 1. The maximum atomic E-state index is 12.5. The largest absolute Gasteiger partial charge is 0.508 e. The first kappa shape index (κ1) is 22.0. The van der Waals surface area contributed by atoms with Crippen molar-refractivity contribution in [1.29, 1.82) is 0 Å². The van der Waals surface area contributed by atoms with Gasteiger partial charge < -0.3 is 40.5 Å². The molecular weight excluding hydrogens is 396 g/mol. The molecule has 3 rings (SSSR count). The number of aliphatic hydroxyl groups excluding tert-OH is 4. The van der Waals surface area contributed by atoms with E-state index in [2.05, 4.69) is 0 Å². The van der Waals surface area contributed by atoms with Crippen LogP contribution in [0, 0.1) is 0 Å². The molecule has 1 aliphatic rings. The van der Waals surface area contributed by atoms with Gasteiger partial charge in [0.1, 0.15) is 47.8 Å². The fourth-order valence-corrected chi connectivity index (χ4v) is 3.57. The summed E-state index contributed by atoms with van der Waals surface area (Å²) in [6, 6.07) is 7.91. The van der Waals surface area contributed by atoms with Crippen molar-refractivity contribution >= 4 is 5.78 Å². The van der Waals surface area contributed by atoms with Crippen LogP contribution in [-0.4, -0.2) is 72.6 Å². The van der Waals surface area contributed by atoms with Crippen LogP contribution in [0.4, 0.5) is 0 Å². The predicted octanol–water partition coefficient (Wildman–Crippen LogP) is 0.134. The molecule has 162 valence electrons. The summed E-state index contributed by atoms with van der Waals surface area (Å²) in [5.41, 5.74) is 0.874. The number of aliphatic hydroxyl groups is 4. The number of phenolic OH excluding ortho intramolecular Hbond substituents is 3. The molecule has 0 saturated carbocycles. The first-order valence-electron chi connectivity index (χ1n) is 9.40. The number of rotatable bonds is 6. The second kappa shape index (κ2) is 8.99. The van der Waals surface area contributed by atoms with Gasteiger partial charge in [-0.3, -0.25) is 4.79 Å². The molecule has 0 aromatic heterocycles. The van der Waals surface area contributed by atoms with Gasteiger partial charge in [-0.25, -0.2) is 0 Å². The summed E-state index contributed by atoms with van der Waals surface area (Å²) in [5, 5.41) is 68.9. The Balaban J connectivity index is 1.84. The average Bonchev–Trinajstić information content (AvgIpc) is 2.71. The summed E-state index contributed by atoms with van der Waals surface area (Å²) in [6.07, 6.45) is -6.76. The van der Waals surface area contributed by atoms with Crippen molar-refractivity contribution in [3.63, 3.8) is 0 Å². The van der Waals surface area contributed by atoms with Crippen LogP contribution in [0.3, 0.4) is 0 Å². The van der Waals surface area contributed by atoms with Crippen molar-refractivity contribution in [3.8, 4) is 17.2 Å². The van der Waals surface area contributed by atoms with Gasteiger partial charge in [-0.15, -0.1) is 0 Å². The number of carbonyl (C=O) groups is 1. The van der Waals surface area contributed by atoms with Crippen LogP contribution in [0.5, 0.6) is 17.2 Å². The Hall–Kier alpha value is -2.69. The summed E-state index contributed by atoms with van der Waals surface area (Å²) in [7, 11) is 0. The van der Waals surface area contributed by atoms with Crippen molar-refractivity contribution in [2.75, 3.05) is 6.61 Å². The van der Waals surface area contributed by atoms with E-state index >= 15 is 0 Å². The number of ether oxygens (including phenoxy) is 1. The zero-order chi connectivity index (χ0) is 22.0. The lowest BCUT2D eigenvalue weighted by atomic mass is 9.87. The Morgan fingerprint density at radius 2 is 1.57 bits per heavy atom. The van der Waals surface area contributed by atoms with E-state index < -0.39 is 37.1 Å². The summed E-state index contributed by atoms with van der Waals surface area (Å²) in [6.45, 7) is -0.589. The van der Waals surface area contributed by atoms with Gasteiger partial charge in [-0.05, 0) is 41.8 Å². The average molecular weight is 420 g/mol. The van der Waals surface area contributed by atoms with Gasteiger partial charge in [0.15, 0.2) is 5.78 Å². The molecular formula is C21H24O9. The van der Waals surface area contributed by atoms with Gasteiger partial charge in [0.2, 0.25) is 0 Å². The van der Waals surface area contributed by atoms with Crippen molar-refractivity contribution in [1.82, 2.24) is 0 Å². The number of aromatic hydroxyl groups is 3. The van der Waals surface area contributed by atoms with E-state index in [4.69, 9.17) is 4.74 Å². The maximum absolute atomic E-state index is 12.5. The molecule has 9 heteroatoms. The molecule has 0 radical (unpaired) electrons. The van der Waals surface area contributed by atoms with Crippen LogP contribution in [0.2, 0.25) is 0 Å². The van der Waals surface area contributed by atoms with Crippen molar-refractivity contribution in [3.05, 3.63) is 53.1 Å². The van der Waals surface area contributed by atoms with E-state index in [1.807, 2.05) is 0 Å². The predicted molar refractivity (Wildman–Crippen MR) is 103 cm³/mol. The SMILES string of the molecule is O=C(CCc1ccc(O)cc1C1O[C@H](CO)[C@H](O)[C@H](O)[C@H]1O)c1ccc(O)cc1O. The van der Waals surface area contributed by atoms with Gasteiger partial charge in [-0.1, -0.05) is 6.07 Å². The quantitative estimate of drug-likeness (QED) is 0.321. The van der Waals surface area contributed by atoms with E-state index in [1.165, 1.54) is 30.3 Å². The fourth-order valence-electron chi connectivity index (χ4n) is 3.57. The molecule has 2 aromatic carbocycles. The Morgan fingerprint density at radius 3 is 2.23 bits per heavy atom. The number of phenols is 3. The van der Waals surface area contributed by atoms with Crippen LogP contribution < -0.4 is 0 Å². The summed E-state index contributed by atoms with van der Waals surface area (Å²) in [5.74, 6) is -1.04. The minimum absolute atomic E-state index is 0.0342. The highest BCUT2D eigenvalue weighted by atomic mass is 16.5. The highest BCUT2D eigenvalue weighted by Crippen LogP contribution is 2.36. The van der Waals surface area contributed by atoms with Gasteiger partial charge in [-0.2, -0.15) is 0 Å². The standard InChI is InChI=1S/C21H24O9/c22-9-17-18(27)19(28)20(29)21(30-17)14-7-11(23)3-1-10(14)2-6-15(25)13-5-4-12(24)8-16(13)26/h1,3-5,7-8,17-24,26-29H,2,6,9H2/t17-,18+,19+,20-,21?/m1/s1. The molecule has 1 aliphatic heterocycles. The zero-order valence-corrected chi connectivity index (χ0v) is 15.9. The minimum atomic E-state index is -1.58. The molecule has 0 amide bonds. The summed E-state index contributed by atoms with van der Waals surface area (Å²) in [4.78, 5) is 12.5. The molecule has 9 nitrogen and oxygen atoms in total. The Kier molecular flexibility index (Phi) is 6.59. The minimum Gasteiger partial charge on any atom is -0.508 e. The number of benzene rings is 2. The highest BCUT2D eigenvalue weighted by molar-refractivity contribution is 5.98. The van der Waals surface area contributed by atoms with E-state index in [1.54, 1.807) is 0 Å². The van der Waals surface area contributed by atoms with Crippen molar-refractivity contribution < 1.29 is 45.3 Å². The topological polar surface area (TPSA) is 168 Å². The number of hydrogen-bond donors (Lipinski definition) is 7. The summed E-state index contributed by atoms with van der Waals surface area (Å²) < 4.78 is 5.56. The summed E-state index contributed by atoms with van der Waals surface area (Å²) >= 11 is 0. The highest BCUT2D eigenvalue weighted by Gasteiger charge is 2.44. The molecule has 1 fully saturated rings. The number of Topliss-reactive ketones (excluding diaryl/α,β-unsaturated/α-hetero) is 1. The smallest absolute Gasteiger partial charge is 0.166 e. The monoisotopic (exact) mass is 420 g/mol. The molecule has 2 aromatic rings. The fraction of sp³-hybridized carbons (Fsp3) is 0.381. The molecule has 0 spiro atoms. The number of ketones is 1. The molecule has 1 heterocycles. The lowest BCUT2D eigenvalue weighted by Gasteiger charge is -2.40. The molecule has 5 atom stereocenters. The van der Waals surface area contributed by atoms with Gasteiger partial charge in [0.05, 0.1) is 12.2 Å². The van der Waals surface area contributed by atoms with Crippen LogP contribution in [-0.2, 0) is 11.2 Å².